The van der Waals surface area contributed by atoms with Gasteiger partial charge in [-0.05, 0) is 31.5 Å². The smallest absolute Gasteiger partial charge is 0.175 e. The Morgan fingerprint density at radius 1 is 1.36 bits per heavy atom. The molecular formula is C15H23BF2O3S. The van der Waals surface area contributed by atoms with Crippen molar-refractivity contribution in [3.8, 4) is 5.75 Å². The van der Waals surface area contributed by atoms with E-state index in [-0.39, 0.29) is 29.4 Å². The first kappa shape index (κ1) is 22.9. The van der Waals surface area contributed by atoms with Crippen LogP contribution in [-0.4, -0.2) is 32.3 Å². The lowest BCUT2D eigenvalue weighted by Crippen LogP contribution is -2.28. The number of ketones is 2. The molecule has 0 radical (unpaired) electrons. The number of ether oxygens (including phenoxy) is 1. The number of Topliss-reactive ketones (excluding diaryl/α,β-unsaturated/α-hetero) is 2. The molecular weight excluding hydrogens is 309 g/mol. The Balaban J connectivity index is 0. The van der Waals surface area contributed by atoms with Crippen molar-refractivity contribution in [3.05, 3.63) is 23.8 Å². The van der Waals surface area contributed by atoms with Crippen LogP contribution in [0.5, 0.6) is 5.75 Å². The zero-order valence-corrected chi connectivity index (χ0v) is 12.9. The highest BCUT2D eigenvalue weighted by atomic mass is 32.2. The molecule has 0 N–H and O–H groups in total. The zero-order chi connectivity index (χ0) is 13.8. The van der Waals surface area contributed by atoms with Gasteiger partial charge in [-0.3, -0.25) is 19.0 Å². The number of carbonyl (C=O) groups is 2. The van der Waals surface area contributed by atoms with E-state index in [0.29, 0.717) is 17.9 Å². The standard InChI is InChI=1S/C15H18O3S.BH3.2FH/c1-3-4-7-18-11-5-6-12-14(8-11)19-9-13(10(2)16)15(12)17;;;/h5-6,8,13H,3-4,7,9H2,1-2H3;1H3;2*1H. The van der Waals surface area contributed by atoms with E-state index in [2.05, 4.69) is 6.92 Å². The third kappa shape index (κ3) is 5.12. The second-order valence-corrected chi connectivity index (χ2v) is 5.76. The van der Waals surface area contributed by atoms with E-state index in [4.69, 9.17) is 4.74 Å². The Kier molecular flexibility index (Phi) is 10.8. The highest BCUT2D eigenvalue weighted by molar-refractivity contribution is 7.99. The van der Waals surface area contributed by atoms with Crippen molar-refractivity contribution in [3.63, 3.8) is 0 Å². The lowest BCUT2D eigenvalue weighted by molar-refractivity contribution is -0.118. The maximum absolute atomic E-state index is 12.2. The molecule has 0 aromatic heterocycles. The molecule has 0 spiro atoms. The summed E-state index contributed by atoms with van der Waals surface area (Å²) in [5, 5.41) is 0. The van der Waals surface area contributed by atoms with Crippen LogP contribution in [0.4, 0.5) is 9.41 Å². The van der Waals surface area contributed by atoms with Gasteiger partial charge < -0.3 is 4.74 Å². The van der Waals surface area contributed by atoms with Gasteiger partial charge in [0.15, 0.2) is 5.78 Å². The molecule has 0 amide bonds. The summed E-state index contributed by atoms with van der Waals surface area (Å²) in [6.07, 6.45) is 2.12. The van der Waals surface area contributed by atoms with Crippen LogP contribution in [0.25, 0.3) is 0 Å². The Morgan fingerprint density at radius 3 is 2.64 bits per heavy atom. The second kappa shape index (κ2) is 10.4. The Morgan fingerprint density at radius 2 is 2.05 bits per heavy atom. The molecule has 0 fully saturated rings. The highest BCUT2D eigenvalue weighted by Crippen LogP contribution is 2.35. The molecule has 0 aliphatic carbocycles. The van der Waals surface area contributed by atoms with Crippen LogP contribution in [0, 0.1) is 5.92 Å². The number of benzene rings is 1. The largest absolute Gasteiger partial charge is 0.494 e. The fourth-order valence-corrected chi connectivity index (χ4v) is 3.24. The van der Waals surface area contributed by atoms with Crippen molar-refractivity contribution in [2.24, 2.45) is 5.92 Å². The number of thioether (sulfide) groups is 1. The van der Waals surface area contributed by atoms with Gasteiger partial charge in [-0.1, -0.05) is 13.3 Å². The summed E-state index contributed by atoms with van der Waals surface area (Å²) >= 11 is 1.56. The molecule has 1 aromatic carbocycles. The summed E-state index contributed by atoms with van der Waals surface area (Å²) in [5.41, 5.74) is 0.652. The molecule has 2 rings (SSSR count). The van der Waals surface area contributed by atoms with E-state index in [9.17, 15) is 9.59 Å². The van der Waals surface area contributed by atoms with Gasteiger partial charge >= 0.3 is 0 Å². The minimum absolute atomic E-state index is 0. The predicted octanol–water partition coefficient (Wildman–Crippen LogP) is 2.48. The molecule has 1 unspecified atom stereocenters. The molecule has 22 heavy (non-hydrogen) atoms. The van der Waals surface area contributed by atoms with E-state index in [1.165, 1.54) is 6.92 Å². The summed E-state index contributed by atoms with van der Waals surface area (Å²) in [4.78, 5) is 24.5. The molecule has 1 aromatic rings. The van der Waals surface area contributed by atoms with Crippen molar-refractivity contribution in [2.75, 3.05) is 12.4 Å². The van der Waals surface area contributed by atoms with Crippen LogP contribution in [0.3, 0.4) is 0 Å². The molecule has 1 atom stereocenters. The van der Waals surface area contributed by atoms with Gasteiger partial charge in [0.05, 0.1) is 20.9 Å². The first-order chi connectivity index (χ1) is 9.13. The zero-order valence-electron chi connectivity index (χ0n) is 12.1. The van der Waals surface area contributed by atoms with Crippen LogP contribution in [0.15, 0.2) is 23.1 Å². The maximum Gasteiger partial charge on any atom is 0.175 e. The monoisotopic (exact) mass is 332 g/mol. The van der Waals surface area contributed by atoms with Crippen molar-refractivity contribution in [1.82, 2.24) is 0 Å². The van der Waals surface area contributed by atoms with Gasteiger partial charge in [0.25, 0.3) is 0 Å². The third-order valence-electron chi connectivity index (χ3n) is 3.20. The Labute approximate surface area is 135 Å². The van der Waals surface area contributed by atoms with E-state index < -0.39 is 5.92 Å². The SMILES string of the molecule is B.CCCCOc1ccc2c(c1)SCC(C(C)=O)C2=O.F.F. The molecule has 124 valence electrons. The molecule has 1 aliphatic heterocycles. The van der Waals surface area contributed by atoms with Gasteiger partial charge in [-0.2, -0.15) is 0 Å². The third-order valence-corrected chi connectivity index (χ3v) is 4.35. The summed E-state index contributed by atoms with van der Waals surface area (Å²) in [6.45, 7) is 4.30. The minimum Gasteiger partial charge on any atom is -0.494 e. The molecule has 1 heterocycles. The first-order valence-corrected chi connectivity index (χ1v) is 7.56. The van der Waals surface area contributed by atoms with Crippen molar-refractivity contribution in [2.45, 2.75) is 31.6 Å². The molecule has 3 nitrogen and oxygen atoms in total. The first-order valence-electron chi connectivity index (χ1n) is 6.57. The van der Waals surface area contributed by atoms with E-state index in [1.54, 1.807) is 17.8 Å². The summed E-state index contributed by atoms with van der Waals surface area (Å²) < 4.78 is 5.63. The number of fused-ring (bicyclic) bond motifs is 1. The van der Waals surface area contributed by atoms with Crippen LogP contribution < -0.4 is 4.74 Å². The van der Waals surface area contributed by atoms with Crippen molar-refractivity contribution in [1.29, 1.82) is 0 Å². The summed E-state index contributed by atoms with van der Waals surface area (Å²) in [5.74, 6) is 0.755. The van der Waals surface area contributed by atoms with Crippen LogP contribution in [0.2, 0.25) is 0 Å². The lowest BCUT2D eigenvalue weighted by atomic mass is 9.95. The number of hydrogen-bond acceptors (Lipinski definition) is 4. The molecule has 0 saturated heterocycles. The Hall–Kier alpha value is -1.37. The van der Waals surface area contributed by atoms with E-state index in [1.807, 2.05) is 12.1 Å². The second-order valence-electron chi connectivity index (χ2n) is 4.70. The lowest BCUT2D eigenvalue weighted by Gasteiger charge is -2.21. The average molecular weight is 332 g/mol. The van der Waals surface area contributed by atoms with E-state index in [0.717, 1.165) is 23.5 Å². The average Bonchev–Trinajstić information content (AvgIpc) is 2.39. The maximum atomic E-state index is 12.2. The normalized spacial score (nSPS) is 15.5. The summed E-state index contributed by atoms with van der Waals surface area (Å²) in [7, 11) is 0. The number of hydrogen-bond donors (Lipinski definition) is 0. The van der Waals surface area contributed by atoms with Crippen LogP contribution in [0.1, 0.15) is 37.0 Å². The van der Waals surface area contributed by atoms with Gasteiger partial charge in [0.1, 0.15) is 11.5 Å². The summed E-state index contributed by atoms with van der Waals surface area (Å²) in [6, 6.07) is 5.50. The molecule has 7 heteroatoms. The number of rotatable bonds is 5. The molecule has 0 bridgehead atoms. The number of halogens is 2. The molecule has 1 aliphatic rings. The van der Waals surface area contributed by atoms with Crippen molar-refractivity contribution < 1.29 is 23.7 Å². The fourth-order valence-electron chi connectivity index (χ4n) is 1.99. The number of carbonyl (C=O) groups excluding carboxylic acids is 2. The Bertz CT molecular complexity index is 512. The minimum atomic E-state index is -0.482. The van der Waals surface area contributed by atoms with Crippen LogP contribution in [-0.2, 0) is 4.79 Å². The van der Waals surface area contributed by atoms with Gasteiger partial charge in [0.2, 0.25) is 0 Å². The van der Waals surface area contributed by atoms with Crippen molar-refractivity contribution >= 4 is 31.7 Å². The molecule has 0 saturated carbocycles. The fraction of sp³-hybridized carbons (Fsp3) is 0.467. The number of unbranched alkanes of at least 4 members (excludes halogenated alkanes) is 1. The quantitative estimate of drug-likeness (QED) is 0.472. The van der Waals surface area contributed by atoms with E-state index >= 15 is 0 Å². The highest BCUT2D eigenvalue weighted by Gasteiger charge is 2.31. The topological polar surface area (TPSA) is 43.4 Å². The van der Waals surface area contributed by atoms with Gasteiger partial charge in [0, 0.05) is 16.2 Å². The van der Waals surface area contributed by atoms with Gasteiger partial charge in [-0.25, -0.2) is 0 Å². The van der Waals surface area contributed by atoms with Crippen LogP contribution >= 0.6 is 11.8 Å². The predicted molar refractivity (Wildman–Crippen MR) is 91.0 cm³/mol. The van der Waals surface area contributed by atoms with Gasteiger partial charge in [-0.15, -0.1) is 11.8 Å².